The Bertz CT molecular complexity index is 758. The summed E-state index contributed by atoms with van der Waals surface area (Å²) in [6.07, 6.45) is -2.79. The number of halogens is 3. The Kier molecular flexibility index (Phi) is 4.04. The Labute approximate surface area is 142 Å². The molecule has 1 aliphatic carbocycles. The van der Waals surface area contributed by atoms with E-state index in [-0.39, 0.29) is 25.1 Å². The summed E-state index contributed by atoms with van der Waals surface area (Å²) in [6.45, 7) is 0.536. The highest BCUT2D eigenvalue weighted by Gasteiger charge is 2.40. The molecule has 2 fully saturated rings. The van der Waals surface area contributed by atoms with Crippen LogP contribution in [-0.4, -0.2) is 32.8 Å². The highest BCUT2D eigenvalue weighted by atomic mass is 19.4. The summed E-state index contributed by atoms with van der Waals surface area (Å²) in [6, 6.07) is 4.99. The lowest BCUT2D eigenvalue weighted by Gasteiger charge is -2.25. The van der Waals surface area contributed by atoms with Gasteiger partial charge in [0.2, 0.25) is 5.89 Å². The molecule has 2 heterocycles. The van der Waals surface area contributed by atoms with Crippen molar-refractivity contribution in [2.24, 2.45) is 0 Å². The predicted molar refractivity (Wildman–Crippen MR) is 81.5 cm³/mol. The van der Waals surface area contributed by atoms with Crippen molar-refractivity contribution < 1.29 is 22.8 Å². The third-order valence-corrected chi connectivity index (χ3v) is 4.76. The molecule has 0 radical (unpaired) electrons. The molecule has 0 amide bonds. The highest BCUT2D eigenvalue weighted by molar-refractivity contribution is 5.33. The number of likely N-dealkylation sites (tertiary alicyclic amines) is 1. The smallest absolute Gasteiger partial charge is 0.392 e. The number of aliphatic hydroxyl groups excluding tert-OH is 1. The summed E-state index contributed by atoms with van der Waals surface area (Å²) in [4.78, 5) is 6.13. The average molecular weight is 353 g/mol. The van der Waals surface area contributed by atoms with Crippen molar-refractivity contribution in [2.75, 3.05) is 6.54 Å². The summed E-state index contributed by atoms with van der Waals surface area (Å²) in [5.41, 5.74) is -0.483. The molecule has 25 heavy (non-hydrogen) atoms. The second-order valence-corrected chi connectivity index (χ2v) is 6.74. The van der Waals surface area contributed by atoms with Crippen molar-refractivity contribution in [3.05, 3.63) is 47.1 Å². The molecule has 8 heteroatoms. The van der Waals surface area contributed by atoms with Crippen LogP contribution in [0.4, 0.5) is 13.2 Å². The van der Waals surface area contributed by atoms with Crippen LogP contribution in [0.3, 0.4) is 0 Å². The van der Waals surface area contributed by atoms with Crippen molar-refractivity contribution in [3.8, 4) is 0 Å². The lowest BCUT2D eigenvalue weighted by Crippen LogP contribution is -2.26. The molecule has 134 valence electrons. The van der Waals surface area contributed by atoms with Gasteiger partial charge in [0, 0.05) is 18.5 Å². The first kappa shape index (κ1) is 16.5. The molecule has 0 bridgehead atoms. The maximum absolute atomic E-state index is 13.3. The van der Waals surface area contributed by atoms with Gasteiger partial charge in [-0.1, -0.05) is 23.4 Å². The zero-order chi connectivity index (χ0) is 17.6. The van der Waals surface area contributed by atoms with Crippen LogP contribution in [0.15, 0.2) is 28.8 Å². The van der Waals surface area contributed by atoms with E-state index in [9.17, 15) is 18.3 Å². The summed E-state index contributed by atoms with van der Waals surface area (Å²) in [5, 5.41) is 14.0. The van der Waals surface area contributed by atoms with E-state index in [4.69, 9.17) is 4.52 Å². The molecule has 0 unspecified atom stereocenters. The van der Waals surface area contributed by atoms with Crippen molar-refractivity contribution in [3.63, 3.8) is 0 Å². The van der Waals surface area contributed by atoms with Crippen LogP contribution in [0.1, 0.15) is 54.1 Å². The van der Waals surface area contributed by atoms with Crippen LogP contribution in [0, 0.1) is 0 Å². The minimum Gasteiger partial charge on any atom is -0.392 e. The fraction of sp³-hybridized carbons (Fsp3) is 0.529. The maximum atomic E-state index is 13.3. The Morgan fingerprint density at radius 2 is 2.00 bits per heavy atom. The maximum Gasteiger partial charge on any atom is 0.416 e. The van der Waals surface area contributed by atoms with Crippen LogP contribution < -0.4 is 0 Å². The molecule has 1 saturated carbocycles. The van der Waals surface area contributed by atoms with Gasteiger partial charge in [-0.05, 0) is 30.9 Å². The van der Waals surface area contributed by atoms with Gasteiger partial charge in [0.1, 0.15) is 0 Å². The molecule has 2 aliphatic rings. The second kappa shape index (κ2) is 6.10. The van der Waals surface area contributed by atoms with Gasteiger partial charge in [0.15, 0.2) is 5.82 Å². The first-order valence-electron chi connectivity index (χ1n) is 8.32. The Morgan fingerprint density at radius 3 is 2.72 bits per heavy atom. The molecular weight excluding hydrogens is 335 g/mol. The summed E-state index contributed by atoms with van der Waals surface area (Å²) in [5.74, 6) is 1.37. The fourth-order valence-corrected chi connectivity index (χ4v) is 3.43. The first-order chi connectivity index (χ1) is 11.9. The number of alkyl halides is 3. The number of hydrogen-bond acceptors (Lipinski definition) is 5. The van der Waals surface area contributed by atoms with Crippen molar-refractivity contribution in [1.82, 2.24) is 15.0 Å². The zero-order valence-corrected chi connectivity index (χ0v) is 13.4. The number of β-amino-alcohol motifs (C(OH)–C–C–N with tert-alkyl or cyclic N) is 1. The van der Waals surface area contributed by atoms with Gasteiger partial charge >= 0.3 is 6.18 Å². The SMILES string of the molecule is O[C@H]1C[C@@H](c2ccccc2C(F)(F)F)N(Cc2noc(C3CC3)n2)C1. The number of hydrogen-bond donors (Lipinski definition) is 1. The summed E-state index contributed by atoms with van der Waals surface area (Å²) in [7, 11) is 0. The molecule has 5 nitrogen and oxygen atoms in total. The van der Waals surface area contributed by atoms with E-state index in [1.165, 1.54) is 12.1 Å². The van der Waals surface area contributed by atoms with E-state index in [0.29, 0.717) is 17.6 Å². The number of aromatic nitrogens is 2. The molecule has 1 saturated heterocycles. The molecular formula is C17H18F3N3O2. The van der Waals surface area contributed by atoms with Gasteiger partial charge in [-0.25, -0.2) is 0 Å². The molecule has 4 rings (SSSR count). The lowest BCUT2D eigenvalue weighted by atomic mass is 9.97. The molecule has 1 N–H and O–H groups in total. The van der Waals surface area contributed by atoms with Gasteiger partial charge in [0.25, 0.3) is 0 Å². The normalized spacial score (nSPS) is 24.8. The topological polar surface area (TPSA) is 62.4 Å². The third kappa shape index (κ3) is 3.41. The van der Waals surface area contributed by atoms with Crippen molar-refractivity contribution in [2.45, 2.75) is 50.0 Å². The molecule has 2 atom stereocenters. The minimum absolute atomic E-state index is 0.178. The minimum atomic E-state index is -4.43. The molecule has 2 aromatic rings. The van der Waals surface area contributed by atoms with Gasteiger partial charge in [-0.15, -0.1) is 0 Å². The highest BCUT2D eigenvalue weighted by Crippen LogP contribution is 2.41. The standard InChI is InChI=1S/C17H18F3N3O2/c18-17(19,20)13-4-2-1-3-12(13)14-7-11(24)8-23(14)9-15-21-16(25-22-15)10-5-6-10/h1-4,10-11,14,24H,5-9H2/t11-,14-/m0/s1. The van der Waals surface area contributed by atoms with Crippen LogP contribution >= 0.6 is 0 Å². The monoisotopic (exact) mass is 353 g/mol. The van der Waals surface area contributed by atoms with E-state index >= 15 is 0 Å². The average Bonchev–Trinajstić information content (AvgIpc) is 3.20. The van der Waals surface area contributed by atoms with Crippen molar-refractivity contribution in [1.29, 1.82) is 0 Å². The quantitative estimate of drug-likeness (QED) is 0.914. The zero-order valence-electron chi connectivity index (χ0n) is 13.4. The number of rotatable bonds is 4. The predicted octanol–water partition coefficient (Wildman–Crippen LogP) is 3.27. The van der Waals surface area contributed by atoms with E-state index in [1.807, 2.05) is 0 Å². The van der Waals surface area contributed by atoms with Gasteiger partial charge in [-0.3, -0.25) is 4.90 Å². The van der Waals surface area contributed by atoms with Gasteiger partial charge < -0.3 is 9.63 Å². The number of aliphatic hydroxyl groups is 1. The van der Waals surface area contributed by atoms with Crippen molar-refractivity contribution >= 4 is 0 Å². The first-order valence-corrected chi connectivity index (χ1v) is 8.32. The summed E-state index contributed by atoms with van der Waals surface area (Å²) < 4.78 is 45.2. The van der Waals surface area contributed by atoms with E-state index in [0.717, 1.165) is 18.9 Å². The van der Waals surface area contributed by atoms with E-state index in [1.54, 1.807) is 11.0 Å². The van der Waals surface area contributed by atoms with E-state index in [2.05, 4.69) is 10.1 Å². The lowest BCUT2D eigenvalue weighted by molar-refractivity contribution is -0.138. The largest absolute Gasteiger partial charge is 0.416 e. The third-order valence-electron chi connectivity index (χ3n) is 4.76. The second-order valence-electron chi connectivity index (χ2n) is 6.74. The van der Waals surface area contributed by atoms with Crippen LogP contribution in [-0.2, 0) is 12.7 Å². The Balaban J connectivity index is 1.59. The molecule has 1 aromatic heterocycles. The molecule has 0 spiro atoms. The van der Waals surface area contributed by atoms with Crippen LogP contribution in [0.2, 0.25) is 0 Å². The molecule has 1 aromatic carbocycles. The van der Waals surface area contributed by atoms with Gasteiger partial charge in [-0.2, -0.15) is 18.2 Å². The molecule has 1 aliphatic heterocycles. The van der Waals surface area contributed by atoms with Crippen LogP contribution in [0.5, 0.6) is 0 Å². The summed E-state index contributed by atoms with van der Waals surface area (Å²) >= 11 is 0. The fourth-order valence-electron chi connectivity index (χ4n) is 3.43. The van der Waals surface area contributed by atoms with Gasteiger partial charge in [0.05, 0.1) is 18.2 Å². The number of nitrogens with zero attached hydrogens (tertiary/aromatic N) is 3. The number of benzene rings is 1. The Morgan fingerprint density at radius 1 is 1.24 bits per heavy atom. The van der Waals surface area contributed by atoms with Crippen LogP contribution in [0.25, 0.3) is 0 Å². The Hall–Kier alpha value is -1.93. The van der Waals surface area contributed by atoms with E-state index < -0.39 is 23.9 Å².